The lowest BCUT2D eigenvalue weighted by Gasteiger charge is -2.23. The second-order valence-electron chi connectivity index (χ2n) is 6.32. The van der Waals surface area contributed by atoms with Gasteiger partial charge < -0.3 is 19.7 Å². The molecule has 0 radical (unpaired) electrons. The van der Waals surface area contributed by atoms with Crippen LogP contribution in [0.1, 0.15) is 24.8 Å². The third-order valence-electron chi connectivity index (χ3n) is 4.33. The number of phenolic OH excluding ortho intramolecular Hbond substituents is 1. The summed E-state index contributed by atoms with van der Waals surface area (Å²) in [7, 11) is 2.97. The molecule has 0 bridgehead atoms. The number of phenols is 1. The molecule has 6 nitrogen and oxygen atoms in total. The second kappa shape index (κ2) is 9.73. The van der Waals surface area contributed by atoms with E-state index < -0.39 is 0 Å². The first-order chi connectivity index (χ1) is 12.9. The van der Waals surface area contributed by atoms with E-state index in [1.807, 2.05) is 0 Å². The number of ether oxygens (including phenoxy) is 2. The first-order valence-electron chi connectivity index (χ1n) is 8.63. The minimum absolute atomic E-state index is 0.0166. The summed E-state index contributed by atoms with van der Waals surface area (Å²) in [4.78, 5) is 23.9. The van der Waals surface area contributed by atoms with Crippen LogP contribution in [0.5, 0.6) is 11.5 Å². The lowest BCUT2D eigenvalue weighted by atomic mass is 9.90. The molecule has 1 aromatic rings. The summed E-state index contributed by atoms with van der Waals surface area (Å²) in [6.07, 6.45) is 8.43. The number of aromatic hydroxyl groups is 1. The molecule has 144 valence electrons. The SMILES string of the molecule is COc1cc(/C=C/C(=O)CC(=O)/C=C/C2CC=C(O)C(OC)C2)ccc1O. The summed E-state index contributed by atoms with van der Waals surface area (Å²) in [5, 5.41) is 19.2. The number of methoxy groups -OCH3 is 2. The highest BCUT2D eigenvalue weighted by Crippen LogP contribution is 2.27. The lowest BCUT2D eigenvalue weighted by Crippen LogP contribution is -2.21. The Hall–Kier alpha value is -2.86. The summed E-state index contributed by atoms with van der Waals surface area (Å²) in [6, 6.07) is 4.71. The lowest BCUT2D eigenvalue weighted by molar-refractivity contribution is -0.121. The van der Waals surface area contributed by atoms with Gasteiger partial charge in [-0.05, 0) is 54.7 Å². The number of carbonyl (C=O) groups excluding carboxylic acids is 2. The summed E-state index contributed by atoms with van der Waals surface area (Å²) in [5.74, 6) is 0.0475. The predicted octanol–water partition coefficient (Wildman–Crippen LogP) is 3.37. The van der Waals surface area contributed by atoms with Crippen LogP contribution >= 0.6 is 0 Å². The summed E-state index contributed by atoms with van der Waals surface area (Å²) in [5.41, 5.74) is 0.681. The van der Waals surface area contributed by atoms with Crippen molar-refractivity contribution < 1.29 is 29.3 Å². The smallest absolute Gasteiger partial charge is 0.163 e. The Kier molecular flexibility index (Phi) is 7.37. The molecule has 0 saturated carbocycles. The van der Waals surface area contributed by atoms with Crippen LogP contribution in [0.3, 0.4) is 0 Å². The van der Waals surface area contributed by atoms with E-state index in [2.05, 4.69) is 0 Å². The van der Waals surface area contributed by atoms with Crippen LogP contribution in [0.2, 0.25) is 0 Å². The highest BCUT2D eigenvalue weighted by atomic mass is 16.5. The third kappa shape index (κ3) is 6.11. The molecule has 0 saturated heterocycles. The molecular formula is C21H24O6. The van der Waals surface area contributed by atoms with Crippen molar-refractivity contribution in [1.82, 2.24) is 0 Å². The Balaban J connectivity index is 1.87. The van der Waals surface area contributed by atoms with Crippen LogP contribution in [0.4, 0.5) is 0 Å². The molecule has 27 heavy (non-hydrogen) atoms. The zero-order valence-corrected chi connectivity index (χ0v) is 15.4. The molecule has 1 aliphatic rings. The van der Waals surface area contributed by atoms with Crippen molar-refractivity contribution in [2.24, 2.45) is 5.92 Å². The fourth-order valence-electron chi connectivity index (χ4n) is 2.79. The van der Waals surface area contributed by atoms with Crippen molar-refractivity contribution in [3.05, 3.63) is 53.8 Å². The number of aliphatic hydroxyl groups excluding tert-OH is 1. The topological polar surface area (TPSA) is 93.1 Å². The molecule has 0 fully saturated rings. The number of benzene rings is 1. The van der Waals surface area contributed by atoms with Gasteiger partial charge in [-0.3, -0.25) is 9.59 Å². The van der Waals surface area contributed by atoms with E-state index in [4.69, 9.17) is 9.47 Å². The van der Waals surface area contributed by atoms with E-state index in [1.165, 1.54) is 32.4 Å². The van der Waals surface area contributed by atoms with Crippen molar-refractivity contribution in [1.29, 1.82) is 0 Å². The molecule has 2 rings (SSSR count). The van der Waals surface area contributed by atoms with E-state index >= 15 is 0 Å². The van der Waals surface area contributed by atoms with Crippen molar-refractivity contribution in [2.45, 2.75) is 25.4 Å². The third-order valence-corrected chi connectivity index (χ3v) is 4.33. The zero-order valence-electron chi connectivity index (χ0n) is 15.4. The maximum Gasteiger partial charge on any atom is 0.163 e. The van der Waals surface area contributed by atoms with Gasteiger partial charge in [-0.2, -0.15) is 0 Å². The Morgan fingerprint density at radius 3 is 2.63 bits per heavy atom. The van der Waals surface area contributed by atoms with Crippen LogP contribution in [0.15, 0.2) is 48.3 Å². The molecule has 2 N–H and O–H groups in total. The Bertz CT molecular complexity index is 775. The van der Waals surface area contributed by atoms with E-state index in [0.717, 1.165) is 0 Å². The van der Waals surface area contributed by atoms with Crippen LogP contribution in [0.25, 0.3) is 6.08 Å². The molecule has 0 aromatic heterocycles. The van der Waals surface area contributed by atoms with E-state index in [0.29, 0.717) is 24.2 Å². The monoisotopic (exact) mass is 372 g/mol. The Morgan fingerprint density at radius 2 is 1.93 bits per heavy atom. The molecule has 0 spiro atoms. The van der Waals surface area contributed by atoms with Gasteiger partial charge in [0.15, 0.2) is 23.1 Å². The van der Waals surface area contributed by atoms with Gasteiger partial charge in [0.05, 0.1) is 13.5 Å². The Labute approximate surface area is 158 Å². The van der Waals surface area contributed by atoms with Gasteiger partial charge in [0.2, 0.25) is 0 Å². The van der Waals surface area contributed by atoms with E-state index in [9.17, 15) is 19.8 Å². The molecule has 1 aliphatic carbocycles. The van der Waals surface area contributed by atoms with Gasteiger partial charge in [-0.1, -0.05) is 18.2 Å². The van der Waals surface area contributed by atoms with Crippen LogP contribution in [-0.4, -0.2) is 42.1 Å². The molecule has 1 aromatic carbocycles. The largest absolute Gasteiger partial charge is 0.510 e. The predicted molar refractivity (Wildman–Crippen MR) is 102 cm³/mol. The standard InChI is InChI=1S/C21H24O6/c1-26-20-11-14(5-9-18(20)24)3-7-16(22)13-17(23)8-4-15-6-10-19(25)21(12-15)27-2/h3-5,7-11,15,21,24-25H,6,12-13H2,1-2H3/b7-3+,8-4+. The normalized spacial score (nSPS) is 20.0. The van der Waals surface area contributed by atoms with Crippen LogP contribution in [0, 0.1) is 5.92 Å². The van der Waals surface area contributed by atoms with E-state index in [-0.39, 0.29) is 41.5 Å². The highest BCUT2D eigenvalue weighted by molar-refractivity contribution is 6.09. The van der Waals surface area contributed by atoms with Gasteiger partial charge in [0, 0.05) is 7.11 Å². The average Bonchev–Trinajstić information content (AvgIpc) is 2.66. The van der Waals surface area contributed by atoms with Gasteiger partial charge in [-0.15, -0.1) is 0 Å². The van der Waals surface area contributed by atoms with E-state index in [1.54, 1.807) is 30.4 Å². The number of aliphatic hydroxyl groups is 1. The molecule has 6 heteroatoms. The molecule has 0 heterocycles. The van der Waals surface area contributed by atoms with Crippen molar-refractivity contribution in [3.63, 3.8) is 0 Å². The van der Waals surface area contributed by atoms with Crippen LogP contribution < -0.4 is 4.74 Å². The number of carbonyl (C=O) groups is 2. The summed E-state index contributed by atoms with van der Waals surface area (Å²) in [6.45, 7) is 0. The van der Waals surface area contributed by atoms with Gasteiger partial charge in [0.25, 0.3) is 0 Å². The summed E-state index contributed by atoms with van der Waals surface area (Å²) < 4.78 is 10.2. The van der Waals surface area contributed by atoms with Gasteiger partial charge in [-0.25, -0.2) is 0 Å². The van der Waals surface area contributed by atoms with Crippen molar-refractivity contribution in [3.8, 4) is 11.5 Å². The number of rotatable bonds is 8. The fourth-order valence-corrected chi connectivity index (χ4v) is 2.79. The van der Waals surface area contributed by atoms with Crippen molar-refractivity contribution in [2.75, 3.05) is 14.2 Å². The molecule has 2 atom stereocenters. The van der Waals surface area contributed by atoms with Gasteiger partial charge >= 0.3 is 0 Å². The quantitative estimate of drug-likeness (QED) is 0.537. The number of allylic oxidation sites excluding steroid dienone is 4. The van der Waals surface area contributed by atoms with Crippen molar-refractivity contribution >= 4 is 17.6 Å². The minimum atomic E-state index is -0.352. The first-order valence-corrected chi connectivity index (χ1v) is 8.63. The maximum absolute atomic E-state index is 12.0. The number of hydrogen-bond acceptors (Lipinski definition) is 6. The number of ketones is 2. The fraction of sp³-hybridized carbons (Fsp3) is 0.333. The zero-order chi connectivity index (χ0) is 19.8. The minimum Gasteiger partial charge on any atom is -0.510 e. The molecule has 0 amide bonds. The maximum atomic E-state index is 12.0. The van der Waals surface area contributed by atoms with Crippen LogP contribution in [-0.2, 0) is 14.3 Å². The molecular weight excluding hydrogens is 348 g/mol. The first kappa shape index (κ1) is 20.5. The Morgan fingerprint density at radius 1 is 1.19 bits per heavy atom. The second-order valence-corrected chi connectivity index (χ2v) is 6.32. The molecule has 0 aliphatic heterocycles. The van der Waals surface area contributed by atoms with Gasteiger partial charge in [0.1, 0.15) is 11.9 Å². The number of hydrogen-bond donors (Lipinski definition) is 2. The molecule has 2 unspecified atom stereocenters. The summed E-state index contributed by atoms with van der Waals surface area (Å²) >= 11 is 0. The average molecular weight is 372 g/mol. The highest BCUT2D eigenvalue weighted by Gasteiger charge is 2.22.